The number of fused-ring (bicyclic) bond motifs is 6. The Morgan fingerprint density at radius 2 is 0.691 bits per heavy atom. The van der Waals surface area contributed by atoms with Gasteiger partial charge < -0.3 is 4.90 Å². The van der Waals surface area contributed by atoms with Gasteiger partial charge in [0.15, 0.2) is 0 Å². The van der Waals surface area contributed by atoms with Crippen LogP contribution in [0.3, 0.4) is 0 Å². The first kappa shape index (κ1) is 39.9. The van der Waals surface area contributed by atoms with Crippen LogP contribution in [0.4, 0.5) is 17.1 Å². The minimum atomic E-state index is -0.00535. The van der Waals surface area contributed by atoms with Crippen LogP contribution in [0.15, 0.2) is 212 Å². The van der Waals surface area contributed by atoms with Crippen molar-refractivity contribution in [1.82, 2.24) is 0 Å². The van der Waals surface area contributed by atoms with Crippen LogP contribution in [0.5, 0.6) is 0 Å². The van der Waals surface area contributed by atoms with Gasteiger partial charge in [0.05, 0.1) is 0 Å². The second kappa shape index (κ2) is 15.1. The number of hydrogen-bond acceptors (Lipinski definition) is 1. The van der Waals surface area contributed by atoms with E-state index in [4.69, 9.17) is 0 Å². The van der Waals surface area contributed by atoms with E-state index in [2.05, 4.69) is 231 Å². The summed E-state index contributed by atoms with van der Waals surface area (Å²) in [6.07, 6.45) is 7.12. The number of nitrogens with zero attached hydrogens (tertiary/aromatic N) is 1. The number of rotatable bonds is 7. The van der Waals surface area contributed by atoms with E-state index in [1.165, 1.54) is 110 Å². The van der Waals surface area contributed by atoms with E-state index in [0.717, 1.165) is 40.7 Å². The lowest BCUT2D eigenvalue weighted by Gasteiger charge is -2.61. The second-order valence-corrected chi connectivity index (χ2v) is 21.3. The predicted molar refractivity (Wildman–Crippen MR) is 284 cm³/mol. The van der Waals surface area contributed by atoms with Crippen molar-refractivity contribution in [2.45, 2.75) is 56.8 Å². The third kappa shape index (κ3) is 5.94. The first-order chi connectivity index (χ1) is 33.4. The maximum Gasteiger partial charge on any atom is 0.0462 e. The summed E-state index contributed by atoms with van der Waals surface area (Å²) in [7, 11) is 0. The predicted octanol–water partition coefficient (Wildman–Crippen LogP) is 17.9. The van der Waals surface area contributed by atoms with Gasteiger partial charge in [-0.25, -0.2) is 0 Å². The van der Waals surface area contributed by atoms with E-state index in [9.17, 15) is 0 Å². The molecule has 4 saturated carbocycles. The SMILES string of the molecule is CC1(C)c2ccccc2-c2cc(-c3ccc(N(c4ccc(-c5ccccc5)cc4)c4ccc(-c5ccccc5-c5ccc6c(c5)-c5ccccc5C65C6CC7CC(C6)CC5C7)cc4)cc3)ccc21. The molecular formula is C67H55N. The highest BCUT2D eigenvalue weighted by atomic mass is 15.1. The van der Waals surface area contributed by atoms with Gasteiger partial charge in [0.2, 0.25) is 0 Å². The van der Waals surface area contributed by atoms with Crippen LogP contribution >= 0.6 is 0 Å². The average molecular weight is 874 g/mol. The molecule has 4 bridgehead atoms. The molecule has 6 aliphatic carbocycles. The van der Waals surface area contributed by atoms with E-state index in [1.807, 2.05) is 0 Å². The van der Waals surface area contributed by atoms with Crippen LogP contribution in [0.1, 0.15) is 68.2 Å². The van der Waals surface area contributed by atoms with E-state index < -0.39 is 0 Å². The third-order valence-corrected chi connectivity index (χ3v) is 17.5. The lowest BCUT2D eigenvalue weighted by Crippen LogP contribution is -2.55. The monoisotopic (exact) mass is 873 g/mol. The van der Waals surface area contributed by atoms with Crippen molar-refractivity contribution < 1.29 is 0 Å². The molecule has 1 spiro atoms. The molecule has 9 aromatic rings. The molecule has 0 radical (unpaired) electrons. The van der Waals surface area contributed by atoms with E-state index >= 15 is 0 Å². The van der Waals surface area contributed by atoms with E-state index in [-0.39, 0.29) is 10.8 Å². The van der Waals surface area contributed by atoms with Gasteiger partial charge in [-0.2, -0.15) is 0 Å². The maximum absolute atomic E-state index is 2.56. The van der Waals surface area contributed by atoms with Crippen LogP contribution < -0.4 is 4.90 Å². The van der Waals surface area contributed by atoms with Crippen molar-refractivity contribution in [2.75, 3.05) is 4.90 Å². The molecule has 4 fully saturated rings. The zero-order valence-corrected chi connectivity index (χ0v) is 39.0. The molecule has 9 aromatic carbocycles. The normalized spacial score (nSPS) is 21.9. The quantitative estimate of drug-likeness (QED) is 0.154. The maximum atomic E-state index is 2.56. The molecule has 0 aliphatic heterocycles. The van der Waals surface area contributed by atoms with Crippen molar-refractivity contribution in [3.05, 3.63) is 235 Å². The third-order valence-electron chi connectivity index (χ3n) is 17.5. The number of anilines is 3. The van der Waals surface area contributed by atoms with Crippen LogP contribution in [0.25, 0.3) is 66.8 Å². The Morgan fingerprint density at radius 3 is 1.31 bits per heavy atom. The molecule has 0 amide bonds. The summed E-state index contributed by atoms with van der Waals surface area (Å²) < 4.78 is 0. The van der Waals surface area contributed by atoms with Gasteiger partial charge >= 0.3 is 0 Å². The molecule has 15 rings (SSSR count). The summed E-state index contributed by atoms with van der Waals surface area (Å²) in [5, 5.41) is 0. The van der Waals surface area contributed by atoms with Gasteiger partial charge in [0.1, 0.15) is 0 Å². The van der Waals surface area contributed by atoms with Crippen LogP contribution in [0, 0.1) is 23.7 Å². The zero-order valence-electron chi connectivity index (χ0n) is 39.0. The summed E-state index contributed by atoms with van der Waals surface area (Å²) in [4.78, 5) is 2.40. The summed E-state index contributed by atoms with van der Waals surface area (Å²) in [6, 6.07) is 80.2. The Morgan fingerprint density at radius 1 is 0.309 bits per heavy atom. The van der Waals surface area contributed by atoms with Gasteiger partial charge in [-0.3, -0.25) is 0 Å². The lowest BCUT2D eigenvalue weighted by atomic mass is 9.43. The van der Waals surface area contributed by atoms with Crippen LogP contribution in [-0.2, 0) is 10.8 Å². The molecule has 328 valence electrons. The molecule has 1 nitrogen and oxygen atoms in total. The molecule has 6 aliphatic rings. The number of hydrogen-bond donors (Lipinski definition) is 0. The molecule has 0 aromatic heterocycles. The average Bonchev–Trinajstić information content (AvgIpc) is 3.81. The highest BCUT2D eigenvalue weighted by molar-refractivity contribution is 5.91. The summed E-state index contributed by atoms with van der Waals surface area (Å²) in [5.41, 5.74) is 25.2. The van der Waals surface area contributed by atoms with Crippen LogP contribution in [-0.4, -0.2) is 0 Å². The number of benzene rings is 9. The Balaban J connectivity index is 0.818. The minimum absolute atomic E-state index is 0.00535. The molecule has 68 heavy (non-hydrogen) atoms. The standard InChI is InChI=1S/C67H55N/c1-66(2)62-18-10-8-16-58(62)60-41-49(26-34-63(60)66)47-22-30-54(31-23-47)68(53-28-20-46(21-29-53)45-12-4-3-5-13-45)55-32-24-48(25-33-55)56-14-6-7-15-57(56)50-27-35-65-61(42-50)59-17-9-11-19-64(59)67(65)51-37-43-36-44(39-51)40-52(67)38-43/h3-35,41-44,51-52H,36-40H2,1-2H3. The van der Waals surface area contributed by atoms with Gasteiger partial charge in [-0.15, -0.1) is 0 Å². The molecule has 0 saturated heterocycles. The van der Waals surface area contributed by atoms with Gasteiger partial charge in [-0.05, 0) is 193 Å². The Labute approximate surface area is 401 Å². The van der Waals surface area contributed by atoms with Crippen molar-refractivity contribution in [1.29, 1.82) is 0 Å². The molecule has 0 heterocycles. The first-order valence-electron chi connectivity index (χ1n) is 25.2. The molecular weight excluding hydrogens is 819 g/mol. The van der Waals surface area contributed by atoms with Crippen molar-refractivity contribution in [3.63, 3.8) is 0 Å². The minimum Gasteiger partial charge on any atom is -0.311 e. The Hall–Kier alpha value is -7.22. The van der Waals surface area contributed by atoms with Crippen molar-refractivity contribution in [3.8, 4) is 66.8 Å². The summed E-state index contributed by atoms with van der Waals surface area (Å²) in [5.74, 6) is 3.43. The fourth-order valence-electron chi connectivity index (χ4n) is 14.7. The van der Waals surface area contributed by atoms with Gasteiger partial charge in [-0.1, -0.05) is 178 Å². The largest absolute Gasteiger partial charge is 0.311 e. The van der Waals surface area contributed by atoms with Crippen molar-refractivity contribution in [2.24, 2.45) is 23.7 Å². The smallest absolute Gasteiger partial charge is 0.0462 e. The van der Waals surface area contributed by atoms with Crippen LogP contribution in [0.2, 0.25) is 0 Å². The first-order valence-corrected chi connectivity index (χ1v) is 25.2. The summed E-state index contributed by atoms with van der Waals surface area (Å²) >= 11 is 0. The van der Waals surface area contributed by atoms with Gasteiger partial charge in [0, 0.05) is 27.9 Å². The zero-order chi connectivity index (χ0) is 45.1. The fraction of sp³-hybridized carbons (Fsp3) is 0.194. The van der Waals surface area contributed by atoms with E-state index in [0.29, 0.717) is 0 Å². The molecule has 0 N–H and O–H groups in total. The second-order valence-electron chi connectivity index (χ2n) is 21.3. The molecule has 0 atom stereocenters. The highest BCUT2D eigenvalue weighted by Crippen LogP contribution is 2.69. The lowest BCUT2D eigenvalue weighted by molar-refractivity contribution is -0.0399. The topological polar surface area (TPSA) is 3.24 Å². The fourth-order valence-corrected chi connectivity index (χ4v) is 14.7. The van der Waals surface area contributed by atoms with E-state index in [1.54, 1.807) is 11.1 Å². The Kier molecular flexibility index (Phi) is 8.89. The molecule has 0 unspecified atom stereocenters. The highest BCUT2D eigenvalue weighted by Gasteiger charge is 2.61. The summed E-state index contributed by atoms with van der Waals surface area (Å²) in [6.45, 7) is 4.70. The van der Waals surface area contributed by atoms with Gasteiger partial charge in [0.25, 0.3) is 0 Å². The Bertz CT molecular complexity index is 3380. The van der Waals surface area contributed by atoms with Crippen molar-refractivity contribution >= 4 is 17.1 Å². The molecule has 1 heteroatoms.